The summed E-state index contributed by atoms with van der Waals surface area (Å²) < 4.78 is 30.5. The van der Waals surface area contributed by atoms with E-state index in [9.17, 15) is 13.0 Å². The molecule has 0 radical (unpaired) electrons. The Bertz CT molecular complexity index is 193. The average Bonchev–Trinajstić information content (AvgIpc) is 1.83. The Kier molecular flexibility index (Phi) is 9.32. The smallest absolute Gasteiger partial charge is 0.748 e. The Morgan fingerprint density at radius 3 is 2.17 bits per heavy atom. The van der Waals surface area contributed by atoms with Gasteiger partial charge in [0.1, 0.15) is 0 Å². The molecule has 4 nitrogen and oxygen atoms in total. The van der Waals surface area contributed by atoms with Crippen molar-refractivity contribution in [3.63, 3.8) is 0 Å². The van der Waals surface area contributed by atoms with Gasteiger partial charge in [0.15, 0.2) is 0 Å². The van der Waals surface area contributed by atoms with Crippen LogP contribution in [-0.4, -0.2) is 43.8 Å². The van der Waals surface area contributed by atoms with Crippen LogP contribution in [0.4, 0.5) is 0 Å². The molecule has 0 aliphatic rings. The summed E-state index contributed by atoms with van der Waals surface area (Å²) in [6.07, 6.45) is 0.968. The van der Waals surface area contributed by atoms with E-state index in [1.807, 2.05) is 11.8 Å². The fraction of sp³-hybridized carbons (Fsp3) is 1.00. The van der Waals surface area contributed by atoms with Crippen LogP contribution in [0.2, 0.25) is 0 Å². The normalized spacial score (nSPS) is 11.3. The molecule has 0 aliphatic carbocycles. The monoisotopic (exact) mass is 203 g/mol. The van der Waals surface area contributed by atoms with Crippen molar-refractivity contribution in [2.75, 3.05) is 25.9 Å². The molecule has 0 unspecified atom stereocenters. The van der Waals surface area contributed by atoms with Crippen LogP contribution >= 0.6 is 0 Å². The van der Waals surface area contributed by atoms with Crippen molar-refractivity contribution < 1.29 is 42.5 Å². The summed E-state index contributed by atoms with van der Waals surface area (Å²) in [4.78, 5) is 1.83. The molecule has 0 heterocycles. The summed E-state index contributed by atoms with van der Waals surface area (Å²) in [5, 5.41) is 0. The van der Waals surface area contributed by atoms with Gasteiger partial charge in [0.2, 0.25) is 0 Å². The number of rotatable bonds is 5. The van der Waals surface area contributed by atoms with Crippen molar-refractivity contribution in [1.82, 2.24) is 4.90 Å². The Labute approximate surface area is 96.4 Å². The summed E-state index contributed by atoms with van der Waals surface area (Å²) in [6.45, 7) is 3.16. The molecule has 0 aromatic carbocycles. The molecule has 6 heteroatoms. The van der Waals surface area contributed by atoms with Crippen LogP contribution in [0.15, 0.2) is 0 Å². The van der Waals surface area contributed by atoms with Gasteiger partial charge in [-0.05, 0) is 20.0 Å². The summed E-state index contributed by atoms with van der Waals surface area (Å²) in [7, 11) is -2.23. The van der Waals surface area contributed by atoms with E-state index < -0.39 is 10.1 Å². The van der Waals surface area contributed by atoms with Crippen molar-refractivity contribution in [1.29, 1.82) is 0 Å². The first-order valence-electron chi connectivity index (χ1n) is 3.58. The molecule has 0 saturated heterocycles. The molecule has 0 fully saturated rings. The van der Waals surface area contributed by atoms with Crippen LogP contribution < -0.4 is 29.6 Å². The van der Waals surface area contributed by atoms with Gasteiger partial charge in [-0.3, -0.25) is 0 Å². The van der Waals surface area contributed by atoms with E-state index in [1.165, 1.54) is 0 Å². The topological polar surface area (TPSA) is 60.4 Å². The largest absolute Gasteiger partial charge is 1.00 e. The average molecular weight is 203 g/mol. The molecule has 0 rings (SSSR count). The number of hydrogen-bond acceptors (Lipinski definition) is 4. The molecule has 0 N–H and O–H groups in total. The zero-order valence-corrected chi connectivity index (χ0v) is 10.7. The van der Waals surface area contributed by atoms with Crippen molar-refractivity contribution in [3.05, 3.63) is 0 Å². The maximum Gasteiger partial charge on any atom is 1.00 e. The molecule has 0 aliphatic heterocycles. The second-order valence-corrected chi connectivity index (χ2v) is 4.09. The van der Waals surface area contributed by atoms with Crippen LogP contribution in [0, 0.1) is 0 Å². The van der Waals surface area contributed by atoms with Gasteiger partial charge in [0.25, 0.3) is 0 Å². The molecular weight excluding hydrogens is 189 g/mol. The van der Waals surface area contributed by atoms with E-state index >= 15 is 0 Å². The fourth-order valence-electron chi connectivity index (χ4n) is 0.761. The van der Waals surface area contributed by atoms with Crippen molar-refractivity contribution >= 4 is 10.1 Å². The molecule has 0 aromatic heterocycles. The predicted octanol–water partition coefficient (Wildman–Crippen LogP) is -3.12. The molecule has 12 heavy (non-hydrogen) atoms. The van der Waals surface area contributed by atoms with Gasteiger partial charge < -0.3 is 9.45 Å². The Morgan fingerprint density at radius 1 is 1.33 bits per heavy atom. The van der Waals surface area contributed by atoms with E-state index in [0.29, 0.717) is 6.54 Å². The third-order valence-electron chi connectivity index (χ3n) is 1.33. The van der Waals surface area contributed by atoms with Gasteiger partial charge in [-0.1, -0.05) is 6.92 Å². The number of nitrogens with zero attached hydrogens (tertiary/aromatic N) is 1. The van der Waals surface area contributed by atoms with Gasteiger partial charge in [-0.25, -0.2) is 8.42 Å². The SMILES string of the molecule is CCCN(C)CCS(=O)(=O)[O-].[Na+]. The summed E-state index contributed by atoms with van der Waals surface area (Å²) in [6, 6.07) is 0. The molecule has 0 aromatic rings. The zero-order valence-electron chi connectivity index (χ0n) is 7.91. The van der Waals surface area contributed by atoms with Gasteiger partial charge in [-0.15, -0.1) is 0 Å². The molecule has 68 valence electrons. The van der Waals surface area contributed by atoms with Crippen molar-refractivity contribution in [3.8, 4) is 0 Å². The van der Waals surface area contributed by atoms with Crippen LogP contribution in [-0.2, 0) is 10.1 Å². The molecule has 0 saturated carbocycles. The maximum absolute atomic E-state index is 10.2. The molecule has 0 atom stereocenters. The van der Waals surface area contributed by atoms with Crippen LogP contribution in [0.25, 0.3) is 0 Å². The molecule has 0 bridgehead atoms. The van der Waals surface area contributed by atoms with Gasteiger partial charge in [-0.2, -0.15) is 0 Å². The second-order valence-electron chi connectivity index (χ2n) is 2.57. The van der Waals surface area contributed by atoms with E-state index in [-0.39, 0.29) is 35.3 Å². The third-order valence-corrected chi connectivity index (χ3v) is 2.01. The Hall–Kier alpha value is 0.870. The summed E-state index contributed by atoms with van der Waals surface area (Å²) in [5.41, 5.74) is 0. The quantitative estimate of drug-likeness (QED) is 0.350. The first-order valence-corrected chi connectivity index (χ1v) is 5.15. The summed E-state index contributed by atoms with van der Waals surface area (Å²) >= 11 is 0. The van der Waals surface area contributed by atoms with Crippen molar-refractivity contribution in [2.45, 2.75) is 13.3 Å². The molecular formula is C6H14NNaO3S. The van der Waals surface area contributed by atoms with Gasteiger partial charge >= 0.3 is 29.6 Å². The van der Waals surface area contributed by atoms with E-state index in [4.69, 9.17) is 0 Å². The minimum Gasteiger partial charge on any atom is -0.748 e. The number of hydrogen-bond donors (Lipinski definition) is 0. The minimum atomic E-state index is -4.03. The van der Waals surface area contributed by atoms with Gasteiger partial charge in [0, 0.05) is 6.54 Å². The van der Waals surface area contributed by atoms with Gasteiger partial charge in [0.05, 0.1) is 15.9 Å². The molecule has 0 amide bonds. The first kappa shape index (κ1) is 15.3. The van der Waals surface area contributed by atoms with Crippen molar-refractivity contribution in [2.24, 2.45) is 0 Å². The van der Waals surface area contributed by atoms with E-state index in [0.717, 1.165) is 13.0 Å². The van der Waals surface area contributed by atoms with E-state index in [1.54, 1.807) is 7.05 Å². The van der Waals surface area contributed by atoms with Crippen LogP contribution in [0.3, 0.4) is 0 Å². The second kappa shape index (κ2) is 7.29. The zero-order chi connectivity index (χ0) is 8.91. The molecule has 0 spiro atoms. The standard InChI is InChI=1S/C6H15NO3S.Na/c1-3-4-7(2)5-6-11(8,9)10;/h3-6H2,1-2H3,(H,8,9,10);/q;+1/p-1. The Balaban J connectivity index is 0. The first-order chi connectivity index (χ1) is 4.95. The van der Waals surface area contributed by atoms with Crippen LogP contribution in [0.5, 0.6) is 0 Å². The van der Waals surface area contributed by atoms with Crippen LogP contribution in [0.1, 0.15) is 13.3 Å². The predicted molar refractivity (Wildman–Crippen MR) is 42.4 cm³/mol. The maximum atomic E-state index is 10.2. The third kappa shape index (κ3) is 10.9. The summed E-state index contributed by atoms with van der Waals surface area (Å²) in [5.74, 6) is -0.288. The van der Waals surface area contributed by atoms with E-state index in [2.05, 4.69) is 0 Å². The fourth-order valence-corrected chi connectivity index (χ4v) is 1.30. The Morgan fingerprint density at radius 2 is 1.83 bits per heavy atom. The minimum absolute atomic E-state index is 0.